The number of pyridine rings is 1. The molecule has 3 rings (SSSR count). The van der Waals surface area contributed by atoms with Crippen LogP contribution in [0, 0.1) is 0 Å². The van der Waals surface area contributed by atoms with E-state index in [-0.39, 0.29) is 30.4 Å². The Balaban J connectivity index is 0.00000261. The van der Waals surface area contributed by atoms with Crippen LogP contribution in [0.4, 0.5) is 5.69 Å². The third-order valence-corrected chi connectivity index (χ3v) is 3.84. The van der Waals surface area contributed by atoms with Crippen molar-refractivity contribution in [1.82, 2.24) is 4.57 Å². The van der Waals surface area contributed by atoms with Crippen LogP contribution in [0.15, 0.2) is 67.3 Å². The van der Waals surface area contributed by atoms with Gasteiger partial charge in [-0.2, -0.15) is 4.57 Å². The van der Waals surface area contributed by atoms with Gasteiger partial charge in [0, 0.05) is 30.2 Å². The molecular weight excluding hydrogens is 368 g/mol. The Bertz CT molecular complexity index is 924. The van der Waals surface area contributed by atoms with E-state index in [1.165, 1.54) is 0 Å². The average Bonchev–Trinajstić information content (AvgIpc) is 3.06. The van der Waals surface area contributed by atoms with Gasteiger partial charge in [-0.1, -0.05) is 6.07 Å². The smallest absolute Gasteiger partial charge is 0.290 e. The van der Waals surface area contributed by atoms with E-state index in [0.29, 0.717) is 5.69 Å². The zero-order valence-corrected chi connectivity index (χ0v) is 15.4. The molecule has 0 bridgehead atoms. The Kier molecular flexibility index (Phi) is 6.56. The number of nitrogens with two attached hydrogens (primary N) is 1. The number of carbonyl (C=O) groups excluding carboxylic acids is 2. The molecule has 0 atom stereocenters. The van der Waals surface area contributed by atoms with Crippen molar-refractivity contribution >= 4 is 17.5 Å². The second-order valence-corrected chi connectivity index (χ2v) is 5.65. The van der Waals surface area contributed by atoms with Crippen molar-refractivity contribution in [2.45, 2.75) is 6.54 Å². The fourth-order valence-electron chi connectivity index (χ4n) is 2.55. The molecule has 2 amide bonds. The number of primary amides is 1. The summed E-state index contributed by atoms with van der Waals surface area (Å²) in [5.74, 6) is -0.138. The monoisotopic (exact) mass is 386 g/mol. The van der Waals surface area contributed by atoms with Gasteiger partial charge in [0.15, 0.2) is 12.4 Å². The largest absolute Gasteiger partial charge is 1.00 e. The molecule has 3 N–H and O–H groups in total. The number of benzene rings is 1. The molecule has 0 aliphatic rings. The van der Waals surface area contributed by atoms with E-state index >= 15 is 0 Å². The van der Waals surface area contributed by atoms with Gasteiger partial charge < -0.3 is 32.8 Å². The number of methoxy groups -OCH3 is 1. The number of hydrogen-bond donors (Lipinski definition) is 2. The molecule has 140 valence electrons. The minimum absolute atomic E-state index is 0. The summed E-state index contributed by atoms with van der Waals surface area (Å²) in [6, 6.07) is 12.8. The predicted molar refractivity (Wildman–Crippen MR) is 96.1 cm³/mol. The van der Waals surface area contributed by atoms with Crippen LogP contribution in [0.2, 0.25) is 0 Å². The lowest BCUT2D eigenvalue weighted by Gasteiger charge is -2.04. The van der Waals surface area contributed by atoms with Crippen LogP contribution in [-0.2, 0) is 11.3 Å². The molecule has 0 aliphatic heterocycles. The molecule has 27 heavy (non-hydrogen) atoms. The first-order chi connectivity index (χ1) is 12.6. The number of rotatable bonds is 6. The minimum Gasteiger partial charge on any atom is -1.00 e. The summed E-state index contributed by atoms with van der Waals surface area (Å²) in [6.45, 7) is 0.132. The van der Waals surface area contributed by atoms with Gasteiger partial charge in [0.05, 0.1) is 18.4 Å². The molecule has 0 fully saturated rings. The van der Waals surface area contributed by atoms with E-state index in [1.54, 1.807) is 41.0 Å². The topological polar surface area (TPSA) is 90.2 Å². The Morgan fingerprint density at radius 3 is 2.37 bits per heavy atom. The van der Waals surface area contributed by atoms with Gasteiger partial charge in [-0.3, -0.25) is 9.59 Å². The highest BCUT2D eigenvalue weighted by Crippen LogP contribution is 2.22. The summed E-state index contributed by atoms with van der Waals surface area (Å²) in [5, 5.41) is 2.75. The Labute approximate surface area is 162 Å². The highest BCUT2D eigenvalue weighted by molar-refractivity contribution is 6.02. The van der Waals surface area contributed by atoms with Crippen LogP contribution < -0.4 is 32.8 Å². The zero-order valence-electron chi connectivity index (χ0n) is 14.6. The van der Waals surface area contributed by atoms with Crippen molar-refractivity contribution in [3.63, 3.8) is 0 Å². The van der Waals surface area contributed by atoms with Gasteiger partial charge >= 0.3 is 0 Å². The average molecular weight is 387 g/mol. The molecule has 0 saturated carbocycles. The van der Waals surface area contributed by atoms with Gasteiger partial charge in [0.2, 0.25) is 6.54 Å². The van der Waals surface area contributed by atoms with Gasteiger partial charge in [-0.25, -0.2) is 0 Å². The number of anilines is 1. The number of nitrogens with zero attached hydrogens (tertiary/aromatic N) is 2. The third kappa shape index (κ3) is 4.86. The molecule has 8 heteroatoms. The van der Waals surface area contributed by atoms with E-state index < -0.39 is 5.91 Å². The standard InChI is InChI=1S/C19H18N4O3.ClH/c1-26-15-7-5-14(6-8-15)23-11-16(19(20)25)17(12-23)21-18(24)13-22-9-3-2-4-10-22;/h2-12H,13H2,1H3,(H2-,20,21,24,25);1H. The number of carbonyl (C=O) groups is 2. The Morgan fingerprint density at radius 1 is 1.11 bits per heavy atom. The summed E-state index contributed by atoms with van der Waals surface area (Å²) in [4.78, 5) is 24.0. The van der Waals surface area contributed by atoms with Crippen LogP contribution in [0.25, 0.3) is 5.69 Å². The molecule has 0 unspecified atom stereocenters. The molecule has 7 nitrogen and oxygen atoms in total. The van der Waals surface area contributed by atoms with Gasteiger partial charge in [-0.05, 0) is 24.3 Å². The molecule has 3 aromatic rings. The normalized spacial score (nSPS) is 9.96. The lowest BCUT2D eigenvalue weighted by atomic mass is 10.3. The maximum atomic E-state index is 12.3. The molecule has 0 aliphatic carbocycles. The molecule has 0 saturated heterocycles. The summed E-state index contributed by atoms with van der Waals surface area (Å²) in [5.41, 5.74) is 6.88. The van der Waals surface area contributed by atoms with Gasteiger partial charge in [-0.15, -0.1) is 0 Å². The first kappa shape index (κ1) is 20.0. The maximum absolute atomic E-state index is 12.3. The van der Waals surface area contributed by atoms with E-state index in [1.807, 2.05) is 42.5 Å². The highest BCUT2D eigenvalue weighted by atomic mass is 35.5. The van der Waals surface area contributed by atoms with E-state index in [0.717, 1.165) is 11.4 Å². The number of ether oxygens (including phenoxy) is 1. The second-order valence-electron chi connectivity index (χ2n) is 5.65. The molecule has 2 aromatic heterocycles. The minimum atomic E-state index is -0.611. The summed E-state index contributed by atoms with van der Waals surface area (Å²) >= 11 is 0. The van der Waals surface area contributed by atoms with Crippen molar-refractivity contribution in [2.75, 3.05) is 12.4 Å². The molecule has 2 heterocycles. The number of amides is 2. The lowest BCUT2D eigenvalue weighted by molar-refractivity contribution is -0.684. The third-order valence-electron chi connectivity index (χ3n) is 3.84. The van der Waals surface area contributed by atoms with Crippen LogP contribution in [0.1, 0.15) is 10.4 Å². The number of nitrogens with one attached hydrogen (secondary N) is 1. The SMILES string of the molecule is COc1ccc(-n2cc(NC(=O)C[n+]3ccccc3)c(C(N)=O)c2)cc1.[Cl-]. The van der Waals surface area contributed by atoms with E-state index in [4.69, 9.17) is 10.5 Å². The Morgan fingerprint density at radius 2 is 1.78 bits per heavy atom. The van der Waals surface area contributed by atoms with Crippen LogP contribution in [0.3, 0.4) is 0 Å². The molecule has 0 spiro atoms. The van der Waals surface area contributed by atoms with Crippen molar-refractivity contribution < 1.29 is 31.3 Å². The molecular formula is C19H19ClN4O3. The van der Waals surface area contributed by atoms with Gasteiger partial charge in [0.1, 0.15) is 5.75 Å². The van der Waals surface area contributed by atoms with Crippen LogP contribution in [0.5, 0.6) is 5.75 Å². The number of aromatic nitrogens is 2. The predicted octanol–water partition coefficient (Wildman–Crippen LogP) is -1.48. The zero-order chi connectivity index (χ0) is 18.5. The Hall–Kier alpha value is -3.32. The van der Waals surface area contributed by atoms with E-state index in [9.17, 15) is 9.59 Å². The molecule has 0 radical (unpaired) electrons. The summed E-state index contributed by atoms with van der Waals surface area (Å²) in [7, 11) is 1.59. The first-order valence-electron chi connectivity index (χ1n) is 7.97. The quantitative estimate of drug-likeness (QED) is 0.506. The lowest BCUT2D eigenvalue weighted by Crippen LogP contribution is -3.00. The van der Waals surface area contributed by atoms with E-state index in [2.05, 4.69) is 5.32 Å². The fourth-order valence-corrected chi connectivity index (χ4v) is 2.55. The highest BCUT2D eigenvalue weighted by Gasteiger charge is 2.17. The van der Waals surface area contributed by atoms with Crippen LogP contribution in [-0.4, -0.2) is 23.5 Å². The molecule has 1 aromatic carbocycles. The summed E-state index contributed by atoms with van der Waals surface area (Å²) < 4.78 is 8.60. The maximum Gasteiger partial charge on any atom is 0.290 e. The number of hydrogen-bond acceptors (Lipinski definition) is 3. The second kappa shape index (κ2) is 8.86. The van der Waals surface area contributed by atoms with Crippen molar-refractivity contribution in [3.8, 4) is 11.4 Å². The first-order valence-corrected chi connectivity index (χ1v) is 7.97. The van der Waals surface area contributed by atoms with Crippen molar-refractivity contribution in [3.05, 3.63) is 72.8 Å². The van der Waals surface area contributed by atoms with Gasteiger partial charge in [0.25, 0.3) is 11.8 Å². The fraction of sp³-hybridized carbons (Fsp3) is 0.105. The summed E-state index contributed by atoms with van der Waals surface area (Å²) in [6.07, 6.45) is 6.83. The van der Waals surface area contributed by atoms with Crippen molar-refractivity contribution in [2.24, 2.45) is 5.73 Å². The van der Waals surface area contributed by atoms with Crippen LogP contribution >= 0.6 is 0 Å². The number of halogens is 1. The van der Waals surface area contributed by atoms with Crippen molar-refractivity contribution in [1.29, 1.82) is 0 Å².